The van der Waals surface area contributed by atoms with Crippen molar-refractivity contribution in [1.29, 1.82) is 0 Å². The topological polar surface area (TPSA) is 107 Å². The van der Waals surface area contributed by atoms with E-state index >= 15 is 0 Å². The van der Waals surface area contributed by atoms with E-state index in [-0.39, 0.29) is 30.4 Å². The molecule has 1 rings (SSSR count). The fourth-order valence-corrected chi connectivity index (χ4v) is 1.37. The van der Waals surface area contributed by atoms with Crippen LogP contribution in [0.2, 0.25) is 0 Å². The number of carbonyl (C=O) groups is 2. The van der Waals surface area contributed by atoms with Gasteiger partial charge in [-0.2, -0.15) is 5.10 Å². The maximum atomic E-state index is 11.1. The number of nitrogen functional groups attached to an aromatic ring is 1. The molecule has 0 bridgehead atoms. The van der Waals surface area contributed by atoms with Crippen molar-refractivity contribution in [1.82, 2.24) is 9.78 Å². The zero-order valence-corrected chi connectivity index (χ0v) is 9.77. The number of carboxylic acids is 1. The first kappa shape index (κ1) is 13.0. The summed E-state index contributed by atoms with van der Waals surface area (Å²) in [5.74, 6) is -1.24. The van der Waals surface area contributed by atoms with Crippen molar-refractivity contribution in [3.05, 3.63) is 11.3 Å². The first-order chi connectivity index (χ1) is 7.97. The third-order valence-electron chi connectivity index (χ3n) is 2.27. The smallest absolute Gasteiger partial charge is 0.356 e. The van der Waals surface area contributed by atoms with Crippen LogP contribution in [-0.2, 0) is 16.1 Å². The van der Waals surface area contributed by atoms with Crippen molar-refractivity contribution >= 4 is 17.8 Å². The molecule has 0 spiro atoms. The quantitative estimate of drug-likeness (QED) is 0.723. The van der Waals surface area contributed by atoms with Gasteiger partial charge in [0, 0.05) is 5.56 Å². The highest BCUT2D eigenvalue weighted by atomic mass is 16.5. The number of carboxylic acid groups (broad SMARTS) is 1. The standard InChI is InChI=1S/C10H15N3O4/c1-3-17-7(14)4-5-13-9(11)6(2)8(12-13)10(15)16/h3-5,11H2,1-2H3,(H,15,16). The van der Waals surface area contributed by atoms with Gasteiger partial charge >= 0.3 is 11.9 Å². The van der Waals surface area contributed by atoms with Crippen molar-refractivity contribution in [2.45, 2.75) is 26.8 Å². The number of aromatic nitrogens is 2. The lowest BCUT2D eigenvalue weighted by molar-refractivity contribution is -0.143. The highest BCUT2D eigenvalue weighted by Crippen LogP contribution is 2.15. The number of aromatic carboxylic acids is 1. The van der Waals surface area contributed by atoms with E-state index in [2.05, 4.69) is 5.10 Å². The Hall–Kier alpha value is -2.05. The molecule has 0 atom stereocenters. The molecule has 0 amide bonds. The van der Waals surface area contributed by atoms with Crippen molar-refractivity contribution < 1.29 is 19.4 Å². The highest BCUT2D eigenvalue weighted by Gasteiger charge is 2.17. The van der Waals surface area contributed by atoms with Crippen molar-refractivity contribution in [3.63, 3.8) is 0 Å². The summed E-state index contributed by atoms with van der Waals surface area (Å²) in [7, 11) is 0. The molecule has 1 aromatic rings. The molecule has 7 heteroatoms. The molecule has 17 heavy (non-hydrogen) atoms. The van der Waals surface area contributed by atoms with Crippen LogP contribution in [0.15, 0.2) is 0 Å². The van der Waals surface area contributed by atoms with Crippen LogP contribution in [0.4, 0.5) is 5.82 Å². The van der Waals surface area contributed by atoms with Gasteiger partial charge in [0.1, 0.15) is 5.82 Å². The summed E-state index contributed by atoms with van der Waals surface area (Å²) in [5, 5.41) is 12.7. The number of rotatable bonds is 5. The van der Waals surface area contributed by atoms with E-state index < -0.39 is 5.97 Å². The number of hydrogen-bond donors (Lipinski definition) is 2. The maximum absolute atomic E-state index is 11.1. The van der Waals surface area contributed by atoms with Crippen LogP contribution in [0, 0.1) is 6.92 Å². The molecule has 0 aromatic carbocycles. The molecule has 1 aromatic heterocycles. The van der Waals surface area contributed by atoms with E-state index in [1.54, 1.807) is 13.8 Å². The van der Waals surface area contributed by atoms with Gasteiger partial charge in [-0.3, -0.25) is 4.79 Å². The lowest BCUT2D eigenvalue weighted by atomic mass is 10.2. The second-order valence-electron chi connectivity index (χ2n) is 3.44. The fourth-order valence-electron chi connectivity index (χ4n) is 1.37. The van der Waals surface area contributed by atoms with Crippen molar-refractivity contribution in [3.8, 4) is 0 Å². The first-order valence-electron chi connectivity index (χ1n) is 5.19. The van der Waals surface area contributed by atoms with E-state index in [1.165, 1.54) is 4.68 Å². The Labute approximate surface area is 98.2 Å². The zero-order valence-electron chi connectivity index (χ0n) is 9.77. The summed E-state index contributed by atoms with van der Waals surface area (Å²) in [6, 6.07) is 0. The average molecular weight is 241 g/mol. The zero-order chi connectivity index (χ0) is 13.0. The maximum Gasteiger partial charge on any atom is 0.356 e. The van der Waals surface area contributed by atoms with Gasteiger partial charge < -0.3 is 15.6 Å². The summed E-state index contributed by atoms with van der Waals surface area (Å²) < 4.78 is 6.05. The monoisotopic (exact) mass is 241 g/mol. The Kier molecular flexibility index (Phi) is 4.08. The van der Waals surface area contributed by atoms with Crippen LogP contribution in [0.5, 0.6) is 0 Å². The Morgan fingerprint density at radius 1 is 1.53 bits per heavy atom. The van der Waals surface area contributed by atoms with Gasteiger partial charge in [0.05, 0.1) is 19.6 Å². The van der Waals surface area contributed by atoms with Gasteiger partial charge in [0.15, 0.2) is 5.69 Å². The molecule has 0 aliphatic carbocycles. The molecule has 0 aliphatic rings. The Bertz CT molecular complexity index is 439. The fraction of sp³-hybridized carbons (Fsp3) is 0.500. The summed E-state index contributed by atoms with van der Waals surface area (Å²) in [5.41, 5.74) is 6.00. The molecule has 0 saturated heterocycles. The summed E-state index contributed by atoms with van der Waals surface area (Å²) >= 11 is 0. The number of nitrogens with zero attached hydrogens (tertiary/aromatic N) is 2. The van der Waals surface area contributed by atoms with Gasteiger partial charge in [0.25, 0.3) is 0 Å². The molecule has 3 N–H and O–H groups in total. The van der Waals surface area contributed by atoms with Crippen LogP contribution in [0.3, 0.4) is 0 Å². The van der Waals surface area contributed by atoms with Crippen molar-refractivity contribution in [2.24, 2.45) is 0 Å². The molecule has 0 unspecified atom stereocenters. The normalized spacial score (nSPS) is 10.2. The predicted octanol–water partition coefficient (Wildman–Crippen LogP) is 0.425. The van der Waals surface area contributed by atoms with E-state index in [9.17, 15) is 9.59 Å². The minimum atomic E-state index is -1.14. The molecule has 0 fully saturated rings. The molecular formula is C10H15N3O4. The van der Waals surface area contributed by atoms with Crippen LogP contribution in [-0.4, -0.2) is 33.4 Å². The minimum Gasteiger partial charge on any atom is -0.476 e. The lowest BCUT2D eigenvalue weighted by Gasteiger charge is -2.03. The minimum absolute atomic E-state index is 0.0913. The van der Waals surface area contributed by atoms with E-state index in [1.807, 2.05) is 0 Å². The Morgan fingerprint density at radius 2 is 2.18 bits per heavy atom. The largest absolute Gasteiger partial charge is 0.476 e. The van der Waals surface area contributed by atoms with Crippen LogP contribution in [0.25, 0.3) is 0 Å². The number of esters is 1. The number of ether oxygens (including phenoxy) is 1. The van der Waals surface area contributed by atoms with Gasteiger partial charge in [0.2, 0.25) is 0 Å². The lowest BCUT2D eigenvalue weighted by Crippen LogP contribution is -2.12. The Balaban J connectivity index is 2.75. The number of anilines is 1. The summed E-state index contributed by atoms with van der Waals surface area (Å²) in [4.78, 5) is 21.9. The number of aryl methyl sites for hydroxylation is 1. The third kappa shape index (κ3) is 2.96. The molecule has 1 heterocycles. The number of carbonyl (C=O) groups excluding carboxylic acids is 1. The van der Waals surface area contributed by atoms with Crippen LogP contribution < -0.4 is 5.73 Å². The third-order valence-corrected chi connectivity index (χ3v) is 2.27. The van der Waals surface area contributed by atoms with Crippen LogP contribution >= 0.6 is 0 Å². The van der Waals surface area contributed by atoms with Crippen LogP contribution in [0.1, 0.15) is 29.4 Å². The molecule has 7 nitrogen and oxygen atoms in total. The highest BCUT2D eigenvalue weighted by molar-refractivity contribution is 5.88. The SMILES string of the molecule is CCOC(=O)CCn1nc(C(=O)O)c(C)c1N. The number of nitrogens with two attached hydrogens (primary N) is 1. The van der Waals surface area contributed by atoms with E-state index in [0.29, 0.717) is 12.2 Å². The van der Waals surface area contributed by atoms with E-state index in [4.69, 9.17) is 15.6 Å². The molecule has 0 saturated carbocycles. The Morgan fingerprint density at radius 3 is 2.65 bits per heavy atom. The van der Waals surface area contributed by atoms with Crippen molar-refractivity contribution in [2.75, 3.05) is 12.3 Å². The van der Waals surface area contributed by atoms with Gasteiger partial charge in [-0.25, -0.2) is 9.48 Å². The van der Waals surface area contributed by atoms with E-state index in [0.717, 1.165) is 0 Å². The average Bonchev–Trinajstić information content (AvgIpc) is 2.54. The second-order valence-corrected chi connectivity index (χ2v) is 3.44. The molecule has 94 valence electrons. The molecule has 0 aliphatic heterocycles. The second kappa shape index (κ2) is 5.33. The van der Waals surface area contributed by atoms with Gasteiger partial charge in [-0.1, -0.05) is 0 Å². The van der Waals surface area contributed by atoms with Gasteiger partial charge in [-0.05, 0) is 13.8 Å². The first-order valence-corrected chi connectivity index (χ1v) is 5.19. The molecule has 0 radical (unpaired) electrons. The summed E-state index contributed by atoms with van der Waals surface area (Å²) in [6.45, 7) is 3.81. The molecular weight excluding hydrogens is 226 g/mol. The summed E-state index contributed by atoms with van der Waals surface area (Å²) in [6.07, 6.45) is 0.109. The number of hydrogen-bond acceptors (Lipinski definition) is 5. The van der Waals surface area contributed by atoms with Gasteiger partial charge in [-0.15, -0.1) is 0 Å². The predicted molar refractivity (Wildman–Crippen MR) is 59.6 cm³/mol.